The van der Waals surface area contributed by atoms with Crippen molar-refractivity contribution < 1.29 is 0 Å². The standard InChI is InChI=1S/C13H16N/c1-9(2)11-6-5-7-12(10(3)4)13(11)8-14/h5-7,9-10H,1H2,2-4H3. The van der Waals surface area contributed by atoms with Gasteiger partial charge in [0.25, 0.3) is 0 Å². The molecule has 0 saturated heterocycles. The van der Waals surface area contributed by atoms with Crippen molar-refractivity contribution in [2.24, 2.45) is 0 Å². The molecule has 0 aliphatic carbocycles. The van der Waals surface area contributed by atoms with Gasteiger partial charge in [0.15, 0.2) is 0 Å². The van der Waals surface area contributed by atoms with Gasteiger partial charge in [-0.25, -0.2) is 0 Å². The first-order valence-corrected chi connectivity index (χ1v) is 4.94. The number of hydrogen-bond acceptors (Lipinski definition) is 1. The maximum absolute atomic E-state index is 9.12. The van der Waals surface area contributed by atoms with E-state index in [1.54, 1.807) is 0 Å². The van der Waals surface area contributed by atoms with E-state index in [1.807, 2.05) is 25.1 Å². The number of benzene rings is 1. The van der Waals surface area contributed by atoms with Crippen LogP contribution in [0.3, 0.4) is 0 Å². The third-order valence-electron chi connectivity index (χ3n) is 2.39. The summed E-state index contributed by atoms with van der Waals surface area (Å²) < 4.78 is 0. The zero-order valence-electron chi connectivity index (χ0n) is 9.04. The molecule has 0 bridgehead atoms. The average molecular weight is 186 g/mol. The third-order valence-corrected chi connectivity index (χ3v) is 2.39. The third kappa shape index (κ3) is 1.96. The highest BCUT2D eigenvalue weighted by atomic mass is 14.3. The lowest BCUT2D eigenvalue weighted by Crippen LogP contribution is -1.99. The zero-order valence-corrected chi connectivity index (χ0v) is 9.04. The van der Waals surface area contributed by atoms with E-state index in [4.69, 9.17) is 5.26 Å². The number of nitriles is 1. The first-order chi connectivity index (χ1) is 6.57. The first kappa shape index (κ1) is 10.8. The summed E-state index contributed by atoms with van der Waals surface area (Å²) in [7, 11) is 0. The number of rotatable bonds is 2. The average Bonchev–Trinajstić information content (AvgIpc) is 2.16. The topological polar surface area (TPSA) is 23.8 Å². The maximum atomic E-state index is 9.12. The Morgan fingerprint density at radius 3 is 2.21 bits per heavy atom. The van der Waals surface area contributed by atoms with Crippen LogP contribution in [0, 0.1) is 18.3 Å². The summed E-state index contributed by atoms with van der Waals surface area (Å²) in [4.78, 5) is 0. The molecule has 1 aromatic carbocycles. The Hall–Kier alpha value is -1.29. The molecule has 0 fully saturated rings. The van der Waals surface area contributed by atoms with E-state index >= 15 is 0 Å². The lowest BCUT2D eigenvalue weighted by molar-refractivity contribution is 0.849. The Kier molecular flexibility index (Phi) is 3.30. The molecule has 1 nitrogen and oxygen atoms in total. The zero-order chi connectivity index (χ0) is 10.7. The second-order valence-electron chi connectivity index (χ2n) is 3.98. The second-order valence-corrected chi connectivity index (χ2v) is 3.98. The van der Waals surface area contributed by atoms with Crippen LogP contribution in [0.15, 0.2) is 18.2 Å². The molecule has 0 heterocycles. The van der Waals surface area contributed by atoms with Crippen LogP contribution in [0.2, 0.25) is 0 Å². The maximum Gasteiger partial charge on any atom is 0.0997 e. The van der Waals surface area contributed by atoms with Crippen LogP contribution in [0.25, 0.3) is 0 Å². The van der Waals surface area contributed by atoms with Crippen LogP contribution in [0.4, 0.5) is 0 Å². The normalized spacial score (nSPS) is 10.6. The Balaban J connectivity index is 3.34. The van der Waals surface area contributed by atoms with Crippen molar-refractivity contribution in [2.75, 3.05) is 0 Å². The van der Waals surface area contributed by atoms with E-state index in [1.165, 1.54) is 0 Å². The second kappa shape index (κ2) is 4.28. The van der Waals surface area contributed by atoms with Crippen LogP contribution in [-0.2, 0) is 0 Å². The molecule has 1 aromatic rings. The molecule has 73 valence electrons. The largest absolute Gasteiger partial charge is 0.192 e. The summed E-state index contributed by atoms with van der Waals surface area (Å²) in [5.74, 6) is 0.562. The lowest BCUT2D eigenvalue weighted by Gasteiger charge is -2.13. The van der Waals surface area contributed by atoms with E-state index in [2.05, 4.69) is 26.8 Å². The highest BCUT2D eigenvalue weighted by Crippen LogP contribution is 2.26. The van der Waals surface area contributed by atoms with Gasteiger partial charge in [-0.2, -0.15) is 5.26 Å². The van der Waals surface area contributed by atoms with Gasteiger partial charge in [-0.15, -0.1) is 0 Å². The molecule has 0 amide bonds. The summed E-state index contributed by atoms with van der Waals surface area (Å²) in [6, 6.07) is 8.31. The molecule has 0 N–H and O–H groups in total. The molecule has 0 saturated carbocycles. The SMILES string of the molecule is [CH2]C(C)c1cccc(C(C)C)c1C#N. The smallest absolute Gasteiger partial charge is 0.0997 e. The van der Waals surface area contributed by atoms with Gasteiger partial charge < -0.3 is 0 Å². The highest BCUT2D eigenvalue weighted by Gasteiger charge is 2.12. The molecule has 1 rings (SSSR count). The van der Waals surface area contributed by atoms with Crippen LogP contribution in [-0.4, -0.2) is 0 Å². The van der Waals surface area contributed by atoms with Crippen LogP contribution in [0.5, 0.6) is 0 Å². The quantitative estimate of drug-likeness (QED) is 0.692. The Bertz CT molecular complexity index is 330. The minimum Gasteiger partial charge on any atom is -0.192 e. The molecule has 0 aliphatic heterocycles. The predicted molar refractivity (Wildman–Crippen MR) is 59.0 cm³/mol. The molecule has 0 spiro atoms. The van der Waals surface area contributed by atoms with E-state index in [9.17, 15) is 0 Å². The van der Waals surface area contributed by atoms with Crippen molar-refractivity contribution in [3.8, 4) is 6.07 Å². The predicted octanol–water partition coefficient (Wildman–Crippen LogP) is 3.62. The van der Waals surface area contributed by atoms with Crippen molar-refractivity contribution >= 4 is 0 Å². The summed E-state index contributed by atoms with van der Waals surface area (Å²) in [5, 5.41) is 9.12. The van der Waals surface area contributed by atoms with Crippen molar-refractivity contribution in [1.82, 2.24) is 0 Å². The summed E-state index contributed by atoms with van der Waals surface area (Å²) >= 11 is 0. The minimum absolute atomic E-state index is 0.170. The van der Waals surface area contributed by atoms with Crippen LogP contribution in [0.1, 0.15) is 49.3 Å². The fourth-order valence-electron chi connectivity index (χ4n) is 1.61. The van der Waals surface area contributed by atoms with Gasteiger partial charge in [0.2, 0.25) is 0 Å². The summed E-state index contributed by atoms with van der Waals surface area (Å²) in [5.41, 5.74) is 2.99. The molecule has 14 heavy (non-hydrogen) atoms. The van der Waals surface area contributed by atoms with Gasteiger partial charge >= 0.3 is 0 Å². The number of hydrogen-bond donors (Lipinski definition) is 0. The first-order valence-electron chi connectivity index (χ1n) is 4.94. The van der Waals surface area contributed by atoms with Gasteiger partial charge in [0.05, 0.1) is 11.6 Å². The molecule has 0 aliphatic rings. The fourth-order valence-corrected chi connectivity index (χ4v) is 1.61. The highest BCUT2D eigenvalue weighted by molar-refractivity contribution is 5.47. The van der Waals surface area contributed by atoms with Crippen molar-refractivity contribution in [3.05, 3.63) is 41.8 Å². The van der Waals surface area contributed by atoms with Gasteiger partial charge in [-0.1, -0.05) is 39.0 Å². The number of nitrogens with zero attached hydrogens (tertiary/aromatic N) is 1. The monoisotopic (exact) mass is 186 g/mol. The molecular weight excluding hydrogens is 170 g/mol. The van der Waals surface area contributed by atoms with Crippen molar-refractivity contribution in [2.45, 2.75) is 32.6 Å². The molecule has 1 heteroatoms. The molecule has 0 aromatic heterocycles. The summed E-state index contributed by atoms with van der Waals surface area (Å²) in [6.45, 7) is 10.2. The Labute approximate surface area is 86.4 Å². The van der Waals surface area contributed by atoms with Crippen molar-refractivity contribution in [3.63, 3.8) is 0 Å². The molecule has 1 radical (unpaired) electrons. The minimum atomic E-state index is 0.170. The molecular formula is C13H16N. The summed E-state index contributed by atoms with van der Waals surface area (Å²) in [6.07, 6.45) is 0. The lowest BCUT2D eigenvalue weighted by atomic mass is 9.89. The van der Waals surface area contributed by atoms with E-state index < -0.39 is 0 Å². The van der Waals surface area contributed by atoms with E-state index in [-0.39, 0.29) is 5.92 Å². The van der Waals surface area contributed by atoms with Crippen LogP contribution >= 0.6 is 0 Å². The van der Waals surface area contributed by atoms with Crippen molar-refractivity contribution in [1.29, 1.82) is 5.26 Å². The fraction of sp³-hybridized carbons (Fsp3) is 0.385. The van der Waals surface area contributed by atoms with E-state index in [0.717, 1.165) is 16.7 Å². The Morgan fingerprint density at radius 2 is 1.79 bits per heavy atom. The van der Waals surface area contributed by atoms with Gasteiger partial charge in [-0.3, -0.25) is 0 Å². The van der Waals surface area contributed by atoms with Gasteiger partial charge in [0, 0.05) is 0 Å². The molecule has 1 unspecified atom stereocenters. The molecule has 1 atom stereocenters. The van der Waals surface area contributed by atoms with E-state index in [0.29, 0.717) is 5.92 Å². The van der Waals surface area contributed by atoms with Gasteiger partial charge in [0.1, 0.15) is 0 Å². The van der Waals surface area contributed by atoms with Gasteiger partial charge in [-0.05, 0) is 29.9 Å². The Morgan fingerprint density at radius 1 is 1.21 bits per heavy atom. The van der Waals surface area contributed by atoms with Crippen LogP contribution < -0.4 is 0 Å².